The molecule has 32 heavy (non-hydrogen) atoms. The molecule has 3 aromatic rings. The Labute approximate surface area is 193 Å². The zero-order valence-corrected chi connectivity index (χ0v) is 19.2. The lowest BCUT2D eigenvalue weighted by Crippen LogP contribution is -2.31. The summed E-state index contributed by atoms with van der Waals surface area (Å²) >= 11 is 1.31. The maximum absolute atomic E-state index is 12.4. The Kier molecular flexibility index (Phi) is 8.75. The van der Waals surface area contributed by atoms with Gasteiger partial charge in [-0.25, -0.2) is 0 Å². The standard InChI is InChI=1S/C26H28N2O3S/c1-19-8-12-23(13-9-19)28-25(29)18-32-20(2)26(30)27-16-21-10-14-24(15-11-21)31-17-22-6-4-3-5-7-22/h3-15,20H,16-18H2,1-2H3,(H,27,30)(H,28,29). The minimum absolute atomic E-state index is 0.0949. The van der Waals surface area contributed by atoms with Crippen LogP contribution in [0.2, 0.25) is 0 Å². The molecule has 2 amide bonds. The van der Waals surface area contributed by atoms with Crippen LogP contribution in [-0.4, -0.2) is 22.8 Å². The number of amides is 2. The number of ether oxygens (including phenoxy) is 1. The highest BCUT2D eigenvalue weighted by Crippen LogP contribution is 2.16. The largest absolute Gasteiger partial charge is 0.489 e. The minimum Gasteiger partial charge on any atom is -0.489 e. The lowest BCUT2D eigenvalue weighted by atomic mass is 10.2. The SMILES string of the molecule is Cc1ccc(NC(=O)CSC(C)C(=O)NCc2ccc(OCc3ccccc3)cc2)cc1. The van der Waals surface area contributed by atoms with Crippen LogP contribution >= 0.6 is 11.8 Å². The highest BCUT2D eigenvalue weighted by atomic mass is 32.2. The van der Waals surface area contributed by atoms with E-state index in [2.05, 4.69) is 10.6 Å². The number of carbonyl (C=O) groups excluding carboxylic acids is 2. The molecule has 1 unspecified atom stereocenters. The summed E-state index contributed by atoms with van der Waals surface area (Å²) < 4.78 is 5.79. The van der Waals surface area contributed by atoms with Gasteiger partial charge in [-0.2, -0.15) is 0 Å². The van der Waals surface area contributed by atoms with Crippen molar-refractivity contribution in [2.45, 2.75) is 32.2 Å². The molecular formula is C26H28N2O3S. The number of thioether (sulfide) groups is 1. The van der Waals surface area contributed by atoms with E-state index in [0.29, 0.717) is 13.2 Å². The van der Waals surface area contributed by atoms with Crippen molar-refractivity contribution in [1.82, 2.24) is 5.32 Å². The van der Waals surface area contributed by atoms with Gasteiger partial charge in [-0.15, -0.1) is 11.8 Å². The molecule has 0 fully saturated rings. The molecule has 0 saturated heterocycles. The van der Waals surface area contributed by atoms with Gasteiger partial charge in [0.15, 0.2) is 0 Å². The molecule has 0 bridgehead atoms. The predicted molar refractivity (Wildman–Crippen MR) is 131 cm³/mol. The van der Waals surface area contributed by atoms with Crippen LogP contribution in [0.1, 0.15) is 23.6 Å². The van der Waals surface area contributed by atoms with Gasteiger partial charge in [0.1, 0.15) is 12.4 Å². The van der Waals surface area contributed by atoms with Crippen molar-refractivity contribution in [3.8, 4) is 5.75 Å². The average Bonchev–Trinajstić information content (AvgIpc) is 2.82. The fourth-order valence-electron chi connectivity index (χ4n) is 2.89. The van der Waals surface area contributed by atoms with Gasteiger partial charge in [0, 0.05) is 12.2 Å². The fourth-order valence-corrected chi connectivity index (χ4v) is 3.60. The monoisotopic (exact) mass is 448 g/mol. The second kappa shape index (κ2) is 12.0. The number of rotatable bonds is 10. The summed E-state index contributed by atoms with van der Waals surface area (Å²) in [5.41, 5.74) is 3.99. The second-order valence-corrected chi connectivity index (χ2v) is 8.83. The van der Waals surface area contributed by atoms with E-state index in [4.69, 9.17) is 4.74 Å². The number of hydrogen-bond acceptors (Lipinski definition) is 4. The predicted octanol–water partition coefficient (Wildman–Crippen LogP) is 4.95. The van der Waals surface area contributed by atoms with Gasteiger partial charge in [0.25, 0.3) is 0 Å². The molecule has 0 saturated carbocycles. The van der Waals surface area contributed by atoms with E-state index < -0.39 is 0 Å². The number of nitrogens with one attached hydrogen (secondary N) is 2. The van der Waals surface area contributed by atoms with Crippen LogP contribution in [-0.2, 0) is 22.7 Å². The van der Waals surface area contributed by atoms with Gasteiger partial charge in [0.2, 0.25) is 11.8 Å². The first-order valence-electron chi connectivity index (χ1n) is 10.5. The zero-order chi connectivity index (χ0) is 22.8. The van der Waals surface area contributed by atoms with Crippen molar-refractivity contribution in [1.29, 1.82) is 0 Å². The maximum Gasteiger partial charge on any atom is 0.234 e. The molecule has 2 N–H and O–H groups in total. The summed E-state index contributed by atoms with van der Waals surface area (Å²) in [6.07, 6.45) is 0. The van der Waals surface area contributed by atoms with Crippen LogP contribution in [0.25, 0.3) is 0 Å². The molecule has 6 heteroatoms. The molecule has 0 heterocycles. The summed E-state index contributed by atoms with van der Waals surface area (Å²) in [4.78, 5) is 24.5. The summed E-state index contributed by atoms with van der Waals surface area (Å²) in [7, 11) is 0. The number of anilines is 1. The minimum atomic E-state index is -0.327. The van der Waals surface area contributed by atoms with Crippen LogP contribution < -0.4 is 15.4 Å². The van der Waals surface area contributed by atoms with Gasteiger partial charge in [-0.05, 0) is 49.2 Å². The second-order valence-electron chi connectivity index (χ2n) is 7.50. The van der Waals surface area contributed by atoms with Gasteiger partial charge < -0.3 is 15.4 Å². The van der Waals surface area contributed by atoms with E-state index in [1.54, 1.807) is 6.92 Å². The highest BCUT2D eigenvalue weighted by Gasteiger charge is 2.15. The Morgan fingerprint density at radius 3 is 2.28 bits per heavy atom. The molecule has 3 rings (SSSR count). The van der Waals surface area contributed by atoms with Gasteiger partial charge >= 0.3 is 0 Å². The van der Waals surface area contributed by atoms with Crippen molar-refractivity contribution in [2.24, 2.45) is 0 Å². The fraction of sp³-hybridized carbons (Fsp3) is 0.231. The topological polar surface area (TPSA) is 67.4 Å². The lowest BCUT2D eigenvalue weighted by molar-refractivity contribution is -0.120. The quantitative estimate of drug-likeness (QED) is 0.460. The van der Waals surface area contributed by atoms with Crippen LogP contribution in [0.4, 0.5) is 5.69 Å². The number of hydrogen-bond donors (Lipinski definition) is 2. The van der Waals surface area contributed by atoms with Gasteiger partial charge in [0.05, 0.1) is 11.0 Å². The first-order valence-corrected chi connectivity index (χ1v) is 11.6. The number of carbonyl (C=O) groups is 2. The van der Waals surface area contributed by atoms with Crippen molar-refractivity contribution in [3.63, 3.8) is 0 Å². The summed E-state index contributed by atoms with van der Waals surface area (Å²) in [6.45, 7) is 4.75. The van der Waals surface area contributed by atoms with Crippen LogP contribution in [0.5, 0.6) is 5.75 Å². The van der Waals surface area contributed by atoms with E-state index in [9.17, 15) is 9.59 Å². The summed E-state index contributed by atoms with van der Waals surface area (Å²) in [5.74, 6) is 0.787. The zero-order valence-electron chi connectivity index (χ0n) is 18.3. The van der Waals surface area contributed by atoms with Crippen molar-refractivity contribution in [2.75, 3.05) is 11.1 Å². The highest BCUT2D eigenvalue weighted by molar-refractivity contribution is 8.01. The molecular weight excluding hydrogens is 420 g/mol. The number of aryl methyl sites for hydroxylation is 1. The Morgan fingerprint density at radius 1 is 0.906 bits per heavy atom. The molecule has 5 nitrogen and oxygen atoms in total. The van der Waals surface area contributed by atoms with Gasteiger partial charge in [-0.1, -0.05) is 60.2 Å². The maximum atomic E-state index is 12.4. The summed E-state index contributed by atoms with van der Waals surface area (Å²) in [6, 6.07) is 25.3. The Hall–Kier alpha value is -3.25. The number of benzene rings is 3. The molecule has 0 aliphatic heterocycles. The average molecular weight is 449 g/mol. The first kappa shape index (κ1) is 23.4. The molecule has 1 atom stereocenters. The van der Waals surface area contributed by atoms with E-state index in [1.807, 2.05) is 85.8 Å². The van der Waals surface area contributed by atoms with E-state index in [-0.39, 0.29) is 22.8 Å². The molecule has 0 aromatic heterocycles. The molecule has 0 spiro atoms. The van der Waals surface area contributed by atoms with Crippen molar-refractivity contribution >= 4 is 29.3 Å². The van der Waals surface area contributed by atoms with Crippen LogP contribution in [0.15, 0.2) is 78.9 Å². The Bertz CT molecular complexity index is 1010. The molecule has 0 radical (unpaired) electrons. The molecule has 3 aromatic carbocycles. The normalized spacial score (nSPS) is 11.4. The van der Waals surface area contributed by atoms with E-state index >= 15 is 0 Å². The summed E-state index contributed by atoms with van der Waals surface area (Å²) in [5, 5.41) is 5.44. The molecule has 0 aliphatic rings. The molecule has 166 valence electrons. The Morgan fingerprint density at radius 2 is 1.59 bits per heavy atom. The van der Waals surface area contributed by atoms with E-state index in [0.717, 1.165) is 28.1 Å². The first-order chi connectivity index (χ1) is 15.5. The van der Waals surface area contributed by atoms with Crippen LogP contribution in [0, 0.1) is 6.92 Å². The van der Waals surface area contributed by atoms with E-state index in [1.165, 1.54) is 11.8 Å². The lowest BCUT2D eigenvalue weighted by Gasteiger charge is -2.13. The third kappa shape index (κ3) is 7.78. The Balaban J connectivity index is 1.36. The van der Waals surface area contributed by atoms with Crippen molar-refractivity contribution in [3.05, 3.63) is 95.6 Å². The van der Waals surface area contributed by atoms with Crippen LogP contribution in [0.3, 0.4) is 0 Å². The third-order valence-electron chi connectivity index (χ3n) is 4.81. The van der Waals surface area contributed by atoms with Gasteiger partial charge in [-0.3, -0.25) is 9.59 Å². The third-order valence-corrected chi connectivity index (χ3v) is 5.95. The smallest absolute Gasteiger partial charge is 0.234 e. The molecule has 0 aliphatic carbocycles. The van der Waals surface area contributed by atoms with Crippen molar-refractivity contribution < 1.29 is 14.3 Å².